The smallest absolute Gasteiger partial charge is 0.326 e. The second-order valence-corrected chi connectivity index (χ2v) is 5.64. The molecule has 0 saturated carbocycles. The molecule has 6 N–H and O–H groups in total. The average Bonchev–Trinajstić information content (AvgIpc) is 2.54. The van der Waals surface area contributed by atoms with Crippen molar-refractivity contribution in [2.75, 3.05) is 0 Å². The van der Waals surface area contributed by atoms with Crippen LogP contribution in [0.5, 0.6) is 0 Å². The number of carboxylic acid groups (broad SMARTS) is 4. The number of aliphatic carboxylic acids is 4. The van der Waals surface area contributed by atoms with Gasteiger partial charge in [-0.15, -0.1) is 0 Å². The Morgan fingerprint density at radius 2 is 0.926 bits per heavy atom. The van der Waals surface area contributed by atoms with E-state index in [1.54, 1.807) is 0 Å². The van der Waals surface area contributed by atoms with Crippen LogP contribution < -0.4 is 10.6 Å². The van der Waals surface area contributed by atoms with Crippen molar-refractivity contribution in [3.05, 3.63) is 0 Å². The SMILES string of the molecule is O=C(O)CC[C@H](NC(=O)CCCC(=O)N[C@H](CCC(=O)O)C(=O)O)C(=O)O. The van der Waals surface area contributed by atoms with Gasteiger partial charge >= 0.3 is 23.9 Å². The van der Waals surface area contributed by atoms with E-state index >= 15 is 0 Å². The summed E-state index contributed by atoms with van der Waals surface area (Å²) in [5.74, 6) is -6.57. The van der Waals surface area contributed by atoms with Crippen LogP contribution in [0.3, 0.4) is 0 Å². The van der Waals surface area contributed by atoms with Crippen LogP contribution in [-0.4, -0.2) is 68.2 Å². The maximum atomic E-state index is 11.7. The summed E-state index contributed by atoms with van der Waals surface area (Å²) in [5, 5.41) is 39.2. The van der Waals surface area contributed by atoms with E-state index < -0.39 is 60.6 Å². The molecule has 0 fully saturated rings. The first-order valence-corrected chi connectivity index (χ1v) is 8.00. The van der Waals surface area contributed by atoms with Crippen molar-refractivity contribution < 1.29 is 49.2 Å². The molecule has 12 nitrogen and oxygen atoms in total. The van der Waals surface area contributed by atoms with Crippen molar-refractivity contribution in [2.24, 2.45) is 0 Å². The number of carbonyl (C=O) groups is 6. The molecule has 0 saturated heterocycles. The van der Waals surface area contributed by atoms with Crippen LogP contribution in [-0.2, 0) is 28.8 Å². The van der Waals surface area contributed by atoms with Gasteiger partial charge in [0.05, 0.1) is 0 Å². The summed E-state index contributed by atoms with van der Waals surface area (Å²) >= 11 is 0. The predicted octanol–water partition coefficient (Wildman–Crippen LogP) is -0.975. The molecule has 12 heteroatoms. The van der Waals surface area contributed by atoms with Gasteiger partial charge in [-0.3, -0.25) is 19.2 Å². The average molecular weight is 390 g/mol. The molecule has 0 aliphatic rings. The van der Waals surface area contributed by atoms with Gasteiger partial charge in [0, 0.05) is 25.7 Å². The van der Waals surface area contributed by atoms with Crippen molar-refractivity contribution in [1.29, 1.82) is 0 Å². The quantitative estimate of drug-likeness (QED) is 0.214. The number of carboxylic acids is 4. The first-order chi connectivity index (χ1) is 12.5. The van der Waals surface area contributed by atoms with E-state index in [2.05, 4.69) is 10.6 Å². The Morgan fingerprint density at radius 3 is 1.19 bits per heavy atom. The standard InChI is InChI=1S/C15H22N2O10/c18-10(16-8(14(24)25)4-6-12(20)21)2-1-3-11(19)17-9(15(26)27)5-7-13(22)23/h8-9H,1-7H2,(H,16,18)(H,17,19)(H,20,21)(H,22,23)(H,24,25)(H,26,27)/t8-,9+. The summed E-state index contributed by atoms with van der Waals surface area (Å²) in [7, 11) is 0. The number of hydrogen-bond donors (Lipinski definition) is 6. The summed E-state index contributed by atoms with van der Waals surface area (Å²) < 4.78 is 0. The zero-order valence-electron chi connectivity index (χ0n) is 14.3. The van der Waals surface area contributed by atoms with E-state index in [0.29, 0.717) is 0 Å². The highest BCUT2D eigenvalue weighted by atomic mass is 16.4. The highest BCUT2D eigenvalue weighted by Crippen LogP contribution is 2.03. The highest BCUT2D eigenvalue weighted by molar-refractivity contribution is 5.85. The van der Waals surface area contributed by atoms with E-state index in [9.17, 15) is 28.8 Å². The van der Waals surface area contributed by atoms with Crippen LogP contribution in [0, 0.1) is 0 Å². The normalized spacial score (nSPS) is 12.4. The lowest BCUT2D eigenvalue weighted by Gasteiger charge is -2.14. The molecule has 0 aromatic rings. The molecule has 152 valence electrons. The lowest BCUT2D eigenvalue weighted by atomic mass is 10.1. The summed E-state index contributed by atoms with van der Waals surface area (Å²) in [5.41, 5.74) is 0. The van der Waals surface area contributed by atoms with Gasteiger partial charge in [-0.2, -0.15) is 0 Å². The number of nitrogens with one attached hydrogen (secondary N) is 2. The van der Waals surface area contributed by atoms with Crippen molar-refractivity contribution in [3.63, 3.8) is 0 Å². The van der Waals surface area contributed by atoms with Crippen molar-refractivity contribution in [1.82, 2.24) is 10.6 Å². The Balaban J connectivity index is 4.31. The summed E-state index contributed by atoms with van der Waals surface area (Å²) in [6, 6.07) is -2.73. The number of amides is 2. The molecule has 0 spiro atoms. The largest absolute Gasteiger partial charge is 0.481 e. The molecule has 0 rings (SSSR count). The number of hydrogen-bond acceptors (Lipinski definition) is 6. The Kier molecular flexibility index (Phi) is 10.8. The molecular weight excluding hydrogens is 368 g/mol. The third-order valence-corrected chi connectivity index (χ3v) is 3.37. The molecule has 27 heavy (non-hydrogen) atoms. The molecule has 2 amide bonds. The zero-order valence-corrected chi connectivity index (χ0v) is 14.3. The topological polar surface area (TPSA) is 207 Å². The fraction of sp³-hybridized carbons (Fsp3) is 0.600. The van der Waals surface area contributed by atoms with Gasteiger partial charge in [0.25, 0.3) is 0 Å². The third-order valence-electron chi connectivity index (χ3n) is 3.37. The molecule has 0 heterocycles. The van der Waals surface area contributed by atoms with Crippen LogP contribution >= 0.6 is 0 Å². The van der Waals surface area contributed by atoms with Crippen molar-refractivity contribution in [3.8, 4) is 0 Å². The van der Waals surface area contributed by atoms with E-state index in [0.717, 1.165) is 0 Å². The Bertz CT molecular complexity index is 539. The van der Waals surface area contributed by atoms with Crippen molar-refractivity contribution in [2.45, 2.75) is 57.0 Å². The molecule has 0 radical (unpaired) electrons. The Hall–Kier alpha value is -3.18. The third kappa shape index (κ3) is 11.9. The maximum absolute atomic E-state index is 11.7. The van der Waals surface area contributed by atoms with Gasteiger partial charge in [-0.1, -0.05) is 0 Å². The molecule has 0 bridgehead atoms. The molecule has 0 aliphatic carbocycles. The molecule has 0 unspecified atom stereocenters. The van der Waals surface area contributed by atoms with Gasteiger partial charge in [0.15, 0.2) is 0 Å². The number of carbonyl (C=O) groups excluding carboxylic acids is 2. The fourth-order valence-corrected chi connectivity index (χ4v) is 1.99. The van der Waals surface area contributed by atoms with Crippen molar-refractivity contribution >= 4 is 35.7 Å². The zero-order chi connectivity index (χ0) is 21.0. The van der Waals surface area contributed by atoms with Crippen LogP contribution in [0.4, 0.5) is 0 Å². The first-order valence-electron chi connectivity index (χ1n) is 8.00. The molecule has 0 aliphatic heterocycles. The van der Waals surface area contributed by atoms with Crippen LogP contribution in [0.15, 0.2) is 0 Å². The maximum Gasteiger partial charge on any atom is 0.326 e. The monoisotopic (exact) mass is 390 g/mol. The minimum atomic E-state index is -1.38. The second-order valence-electron chi connectivity index (χ2n) is 5.64. The lowest BCUT2D eigenvalue weighted by molar-refractivity contribution is -0.143. The fourth-order valence-electron chi connectivity index (χ4n) is 1.99. The summed E-state index contributed by atoms with van der Waals surface area (Å²) in [6.07, 6.45) is -1.91. The van der Waals surface area contributed by atoms with Gasteiger partial charge in [-0.25, -0.2) is 9.59 Å². The molecule has 0 aromatic carbocycles. The van der Waals surface area contributed by atoms with E-state index in [1.165, 1.54) is 0 Å². The van der Waals surface area contributed by atoms with Gasteiger partial charge in [0.2, 0.25) is 11.8 Å². The lowest BCUT2D eigenvalue weighted by Crippen LogP contribution is -2.42. The Morgan fingerprint density at radius 1 is 0.593 bits per heavy atom. The van der Waals surface area contributed by atoms with Crippen LogP contribution in [0.2, 0.25) is 0 Å². The minimum absolute atomic E-state index is 0.00575. The second kappa shape index (κ2) is 12.2. The predicted molar refractivity (Wildman–Crippen MR) is 86.7 cm³/mol. The van der Waals surface area contributed by atoms with Gasteiger partial charge in [0.1, 0.15) is 12.1 Å². The summed E-state index contributed by atoms with van der Waals surface area (Å²) in [4.78, 5) is 66.2. The first kappa shape index (κ1) is 23.8. The number of rotatable bonds is 14. The van der Waals surface area contributed by atoms with E-state index in [1.807, 2.05) is 0 Å². The molecule has 0 aromatic heterocycles. The summed E-state index contributed by atoms with van der Waals surface area (Å²) in [6.45, 7) is 0. The van der Waals surface area contributed by atoms with Gasteiger partial charge in [-0.05, 0) is 19.3 Å². The van der Waals surface area contributed by atoms with E-state index in [4.69, 9.17) is 20.4 Å². The van der Waals surface area contributed by atoms with Gasteiger partial charge < -0.3 is 31.1 Å². The minimum Gasteiger partial charge on any atom is -0.481 e. The molecular formula is C15H22N2O10. The van der Waals surface area contributed by atoms with Crippen LogP contribution in [0.1, 0.15) is 44.9 Å². The highest BCUT2D eigenvalue weighted by Gasteiger charge is 2.22. The Labute approximate surface area is 153 Å². The van der Waals surface area contributed by atoms with E-state index in [-0.39, 0.29) is 32.1 Å². The van der Waals surface area contributed by atoms with Crippen LogP contribution in [0.25, 0.3) is 0 Å². The molecule has 2 atom stereocenters.